The Balaban J connectivity index is 1.95. The highest BCUT2D eigenvalue weighted by molar-refractivity contribution is 8.26. The van der Waals surface area contributed by atoms with Gasteiger partial charge in [0, 0.05) is 12.4 Å². The van der Waals surface area contributed by atoms with Crippen LogP contribution >= 0.6 is 24.0 Å². The predicted molar refractivity (Wildman–Crippen MR) is 104 cm³/mol. The van der Waals surface area contributed by atoms with E-state index in [4.69, 9.17) is 12.2 Å². The molecule has 0 radical (unpaired) electrons. The maximum absolute atomic E-state index is 12.9. The Hall–Kier alpha value is -2.84. The zero-order valence-corrected chi connectivity index (χ0v) is 15.5. The van der Waals surface area contributed by atoms with Gasteiger partial charge in [0.25, 0.3) is 5.91 Å². The molecule has 3 rings (SSSR count). The van der Waals surface area contributed by atoms with Crippen molar-refractivity contribution in [2.45, 2.75) is 12.5 Å². The fraction of sp³-hybridized carbons (Fsp3) is 0.105. The molecule has 0 bridgehead atoms. The standard InChI is InChI=1S/C19H15NO5S2/c21-14-7-6-11(8-15(14)22)9-16-18(25)20(19(26)27-16)13(10-17(23)24)12-4-2-1-3-5-12/h1-9,13,21-22H,10H2,(H,23,24)/p-1/b16-9-/t13-/m1/s1. The average Bonchev–Trinajstić information content (AvgIpc) is 2.90. The second-order valence-electron chi connectivity index (χ2n) is 5.80. The number of phenolic OH excluding ortho intramolecular Hbond substituents is 2. The Morgan fingerprint density at radius 1 is 1.19 bits per heavy atom. The number of hydrogen-bond donors (Lipinski definition) is 2. The predicted octanol–water partition coefficient (Wildman–Crippen LogP) is 2.18. The average molecular weight is 400 g/mol. The van der Waals surface area contributed by atoms with Gasteiger partial charge in [0.05, 0.1) is 10.9 Å². The second-order valence-corrected chi connectivity index (χ2v) is 7.48. The van der Waals surface area contributed by atoms with Crippen molar-refractivity contribution in [1.82, 2.24) is 4.90 Å². The lowest BCUT2D eigenvalue weighted by molar-refractivity contribution is -0.306. The van der Waals surface area contributed by atoms with Crippen molar-refractivity contribution in [3.8, 4) is 11.5 Å². The molecular weight excluding hydrogens is 386 g/mol. The SMILES string of the molecule is O=C([O-])C[C@H](c1ccccc1)N1C(=O)/C(=C/c2ccc(O)c(O)c2)SC1=S. The number of phenols is 2. The summed E-state index contributed by atoms with van der Waals surface area (Å²) in [5.41, 5.74) is 1.14. The lowest BCUT2D eigenvalue weighted by Crippen LogP contribution is -2.37. The molecule has 1 atom stereocenters. The van der Waals surface area contributed by atoms with Crippen molar-refractivity contribution in [1.29, 1.82) is 0 Å². The van der Waals surface area contributed by atoms with E-state index in [0.717, 1.165) is 11.8 Å². The number of benzene rings is 2. The molecule has 0 unspecified atom stereocenters. The molecule has 1 amide bonds. The number of carboxylic acids is 1. The molecule has 27 heavy (non-hydrogen) atoms. The molecule has 1 heterocycles. The molecule has 138 valence electrons. The maximum Gasteiger partial charge on any atom is 0.266 e. The van der Waals surface area contributed by atoms with Gasteiger partial charge in [-0.25, -0.2) is 0 Å². The Labute approximate surface area is 164 Å². The number of aromatic hydroxyl groups is 2. The summed E-state index contributed by atoms with van der Waals surface area (Å²) in [7, 11) is 0. The first-order valence-corrected chi connectivity index (χ1v) is 9.13. The number of carbonyl (C=O) groups is 2. The zero-order chi connectivity index (χ0) is 19.6. The highest BCUT2D eigenvalue weighted by Crippen LogP contribution is 2.39. The molecular formula is C19H14NO5S2-. The van der Waals surface area contributed by atoms with Crippen molar-refractivity contribution >= 4 is 46.3 Å². The second kappa shape index (κ2) is 7.81. The summed E-state index contributed by atoms with van der Waals surface area (Å²) < 4.78 is 0.240. The van der Waals surface area contributed by atoms with E-state index in [1.165, 1.54) is 29.2 Å². The van der Waals surface area contributed by atoms with Crippen LogP contribution in [0.15, 0.2) is 53.4 Å². The highest BCUT2D eigenvalue weighted by atomic mass is 32.2. The molecule has 1 saturated heterocycles. The number of carboxylic acid groups (broad SMARTS) is 1. The van der Waals surface area contributed by atoms with Crippen LogP contribution in [0.1, 0.15) is 23.6 Å². The van der Waals surface area contributed by atoms with Gasteiger partial charge in [0.1, 0.15) is 4.32 Å². The fourth-order valence-electron chi connectivity index (χ4n) is 2.72. The van der Waals surface area contributed by atoms with Gasteiger partial charge in [-0.15, -0.1) is 0 Å². The van der Waals surface area contributed by atoms with E-state index in [1.807, 2.05) is 0 Å². The van der Waals surface area contributed by atoms with Gasteiger partial charge in [-0.1, -0.05) is 60.4 Å². The number of thioether (sulfide) groups is 1. The summed E-state index contributed by atoms with van der Waals surface area (Å²) in [6, 6.07) is 12.2. The molecule has 0 saturated carbocycles. The molecule has 8 heteroatoms. The van der Waals surface area contributed by atoms with Gasteiger partial charge in [0.2, 0.25) is 0 Å². The first-order valence-electron chi connectivity index (χ1n) is 7.90. The molecule has 2 aromatic carbocycles. The van der Waals surface area contributed by atoms with Crippen LogP contribution < -0.4 is 5.11 Å². The molecule has 6 nitrogen and oxygen atoms in total. The first kappa shape index (κ1) is 18.9. The number of aliphatic carboxylic acids is 1. The van der Waals surface area contributed by atoms with Crippen LogP contribution in [0.4, 0.5) is 0 Å². The number of thiocarbonyl (C=S) groups is 1. The quantitative estimate of drug-likeness (QED) is 0.451. The van der Waals surface area contributed by atoms with E-state index < -0.39 is 17.9 Å². The summed E-state index contributed by atoms with van der Waals surface area (Å²) in [5, 5.41) is 30.2. The summed E-state index contributed by atoms with van der Waals surface area (Å²) in [5.74, 6) is -2.28. The number of hydrogen-bond acceptors (Lipinski definition) is 7. The highest BCUT2D eigenvalue weighted by Gasteiger charge is 2.37. The smallest absolute Gasteiger partial charge is 0.266 e. The Morgan fingerprint density at radius 2 is 1.89 bits per heavy atom. The van der Waals surface area contributed by atoms with Crippen LogP contribution in [0.3, 0.4) is 0 Å². The number of nitrogens with zero attached hydrogens (tertiary/aromatic N) is 1. The van der Waals surface area contributed by atoms with Crippen LogP contribution in [0, 0.1) is 0 Å². The van der Waals surface area contributed by atoms with Crippen LogP contribution in [-0.4, -0.2) is 31.3 Å². The third kappa shape index (κ3) is 4.12. The van der Waals surface area contributed by atoms with Crippen molar-refractivity contribution in [2.75, 3.05) is 0 Å². The van der Waals surface area contributed by atoms with Crippen molar-refractivity contribution in [2.24, 2.45) is 0 Å². The van der Waals surface area contributed by atoms with Gasteiger partial charge >= 0.3 is 0 Å². The van der Waals surface area contributed by atoms with Crippen LogP contribution in [0.25, 0.3) is 6.08 Å². The Bertz CT molecular complexity index is 942. The fourth-order valence-corrected chi connectivity index (χ4v) is 4.08. The van der Waals surface area contributed by atoms with E-state index in [-0.39, 0.29) is 22.2 Å². The zero-order valence-electron chi connectivity index (χ0n) is 13.9. The van der Waals surface area contributed by atoms with E-state index in [2.05, 4.69) is 0 Å². The first-order chi connectivity index (χ1) is 12.9. The van der Waals surface area contributed by atoms with Crippen molar-refractivity contribution in [3.63, 3.8) is 0 Å². The van der Waals surface area contributed by atoms with E-state index in [1.54, 1.807) is 30.3 Å². The number of carbonyl (C=O) groups excluding carboxylic acids is 2. The van der Waals surface area contributed by atoms with Crippen molar-refractivity contribution < 1.29 is 24.9 Å². The minimum atomic E-state index is -1.29. The lowest BCUT2D eigenvalue weighted by atomic mass is 10.0. The molecule has 1 fully saturated rings. The van der Waals surface area contributed by atoms with Crippen LogP contribution in [0.5, 0.6) is 11.5 Å². The van der Waals surface area contributed by atoms with Gasteiger partial charge < -0.3 is 20.1 Å². The number of amides is 1. The van der Waals surface area contributed by atoms with Gasteiger partial charge in [-0.3, -0.25) is 9.69 Å². The van der Waals surface area contributed by atoms with E-state index in [9.17, 15) is 24.9 Å². The van der Waals surface area contributed by atoms with E-state index >= 15 is 0 Å². The lowest BCUT2D eigenvalue weighted by Gasteiger charge is -2.27. The molecule has 0 aromatic heterocycles. The van der Waals surface area contributed by atoms with Crippen LogP contribution in [-0.2, 0) is 9.59 Å². The molecule has 1 aliphatic heterocycles. The third-order valence-electron chi connectivity index (χ3n) is 3.98. The van der Waals surface area contributed by atoms with Crippen LogP contribution in [0.2, 0.25) is 0 Å². The normalized spacial score (nSPS) is 16.7. The van der Waals surface area contributed by atoms with Gasteiger partial charge in [0.15, 0.2) is 11.5 Å². The summed E-state index contributed by atoms with van der Waals surface area (Å²) in [6.45, 7) is 0. The van der Waals surface area contributed by atoms with Crippen molar-refractivity contribution in [3.05, 3.63) is 64.6 Å². The molecule has 1 aliphatic rings. The molecule has 0 spiro atoms. The summed E-state index contributed by atoms with van der Waals surface area (Å²) in [6.07, 6.45) is 1.14. The minimum Gasteiger partial charge on any atom is -0.550 e. The topological polar surface area (TPSA) is 101 Å². The number of rotatable bonds is 5. The Kier molecular flexibility index (Phi) is 5.48. The Morgan fingerprint density at radius 3 is 2.52 bits per heavy atom. The van der Waals surface area contributed by atoms with Gasteiger partial charge in [-0.2, -0.15) is 0 Å². The monoisotopic (exact) mass is 400 g/mol. The van der Waals surface area contributed by atoms with Gasteiger partial charge in [-0.05, 0) is 29.3 Å². The largest absolute Gasteiger partial charge is 0.550 e. The molecule has 2 aromatic rings. The molecule has 2 N–H and O–H groups in total. The van der Waals surface area contributed by atoms with E-state index in [0.29, 0.717) is 16.0 Å². The minimum absolute atomic E-state index is 0.240. The molecule has 0 aliphatic carbocycles. The summed E-state index contributed by atoms with van der Waals surface area (Å²) in [4.78, 5) is 25.7. The third-order valence-corrected chi connectivity index (χ3v) is 5.31. The maximum atomic E-state index is 12.9. The summed E-state index contributed by atoms with van der Waals surface area (Å²) >= 11 is 6.36.